The van der Waals surface area contributed by atoms with Crippen LogP contribution in [0.15, 0.2) is 18.2 Å². The van der Waals surface area contributed by atoms with Gasteiger partial charge in [0.1, 0.15) is 5.60 Å². The molecule has 2 heterocycles. The number of hydrogen-bond acceptors (Lipinski definition) is 3. The Kier molecular flexibility index (Phi) is 2.56. The molecule has 1 aromatic rings. The Bertz CT molecular complexity index is 467. The van der Waals surface area contributed by atoms with E-state index >= 15 is 0 Å². The Labute approximate surface area is 108 Å². The highest BCUT2D eigenvalue weighted by atomic mass is 16.5. The van der Waals surface area contributed by atoms with Gasteiger partial charge in [-0.25, -0.2) is 0 Å². The molecule has 0 radical (unpaired) electrons. The molecule has 3 heteroatoms. The van der Waals surface area contributed by atoms with Crippen molar-refractivity contribution in [3.63, 3.8) is 0 Å². The topological polar surface area (TPSA) is 38.7 Å². The Hall–Kier alpha value is -1.22. The molecular formula is C15H20O3. The molecular weight excluding hydrogens is 228 g/mol. The number of phenolic OH excluding ortho intramolecular Hbond substituents is 1. The Morgan fingerprint density at radius 2 is 2.06 bits per heavy atom. The molecule has 0 aliphatic carbocycles. The van der Waals surface area contributed by atoms with E-state index in [2.05, 4.69) is 20.8 Å². The number of rotatable bonds is 0. The number of aromatic hydroxyl groups is 1. The number of fused-ring (bicyclic) bond motifs is 3. The third-order valence-corrected chi connectivity index (χ3v) is 4.22. The monoisotopic (exact) mass is 248 g/mol. The fraction of sp³-hybridized carbons (Fsp3) is 0.600. The number of ether oxygens (including phenoxy) is 2. The lowest BCUT2D eigenvalue weighted by Gasteiger charge is -2.48. The Morgan fingerprint density at radius 3 is 2.83 bits per heavy atom. The first kappa shape index (κ1) is 11.8. The minimum Gasteiger partial charge on any atom is -0.504 e. The van der Waals surface area contributed by atoms with Crippen LogP contribution in [0.1, 0.15) is 45.3 Å². The fourth-order valence-electron chi connectivity index (χ4n) is 3.20. The molecule has 1 fully saturated rings. The summed E-state index contributed by atoms with van der Waals surface area (Å²) < 4.78 is 12.1. The minimum absolute atomic E-state index is 0.0413. The lowest BCUT2D eigenvalue weighted by Crippen LogP contribution is -2.48. The molecule has 3 rings (SSSR count). The maximum Gasteiger partial charge on any atom is 0.167 e. The lowest BCUT2D eigenvalue weighted by molar-refractivity contribution is -0.145. The summed E-state index contributed by atoms with van der Waals surface area (Å²) in [5, 5.41) is 9.96. The SMILES string of the molecule is C[C@@H]1CCC2[C@@H](O1)c1cccc(O)c1OC2(C)C. The number of phenols is 1. The molecule has 3 atom stereocenters. The van der Waals surface area contributed by atoms with Crippen LogP contribution in [-0.2, 0) is 4.74 Å². The molecule has 0 aromatic heterocycles. The molecule has 2 aliphatic heterocycles. The van der Waals surface area contributed by atoms with E-state index in [1.54, 1.807) is 6.07 Å². The quantitative estimate of drug-likeness (QED) is 0.764. The van der Waals surface area contributed by atoms with Crippen molar-refractivity contribution >= 4 is 0 Å². The van der Waals surface area contributed by atoms with Gasteiger partial charge in [-0.15, -0.1) is 0 Å². The van der Waals surface area contributed by atoms with E-state index in [1.807, 2.05) is 12.1 Å². The maximum absolute atomic E-state index is 9.96. The van der Waals surface area contributed by atoms with Crippen molar-refractivity contribution in [2.75, 3.05) is 0 Å². The van der Waals surface area contributed by atoms with E-state index in [9.17, 15) is 5.11 Å². The van der Waals surface area contributed by atoms with Crippen LogP contribution in [0, 0.1) is 5.92 Å². The van der Waals surface area contributed by atoms with E-state index < -0.39 is 0 Å². The van der Waals surface area contributed by atoms with Gasteiger partial charge in [-0.3, -0.25) is 0 Å². The average molecular weight is 248 g/mol. The second-order valence-electron chi connectivity index (χ2n) is 5.95. The van der Waals surface area contributed by atoms with E-state index in [0.29, 0.717) is 11.7 Å². The number of hydrogen-bond donors (Lipinski definition) is 1. The van der Waals surface area contributed by atoms with Crippen LogP contribution in [0.2, 0.25) is 0 Å². The normalized spacial score (nSPS) is 33.2. The van der Waals surface area contributed by atoms with E-state index in [0.717, 1.165) is 18.4 Å². The number of benzene rings is 1. The van der Waals surface area contributed by atoms with Gasteiger partial charge < -0.3 is 14.6 Å². The Morgan fingerprint density at radius 1 is 1.28 bits per heavy atom. The minimum atomic E-state index is -0.295. The van der Waals surface area contributed by atoms with Gasteiger partial charge in [0.2, 0.25) is 0 Å². The highest BCUT2D eigenvalue weighted by Crippen LogP contribution is 2.52. The van der Waals surface area contributed by atoms with Crippen molar-refractivity contribution in [3.05, 3.63) is 23.8 Å². The van der Waals surface area contributed by atoms with Crippen LogP contribution < -0.4 is 4.74 Å². The van der Waals surface area contributed by atoms with E-state index in [1.165, 1.54) is 0 Å². The molecule has 98 valence electrons. The first-order valence-electron chi connectivity index (χ1n) is 6.65. The summed E-state index contributed by atoms with van der Waals surface area (Å²) in [6, 6.07) is 5.52. The van der Waals surface area contributed by atoms with Gasteiger partial charge in [-0.2, -0.15) is 0 Å². The molecule has 1 aromatic carbocycles. The standard InChI is InChI=1S/C15H20O3/c1-9-7-8-11-13(17-9)10-5-4-6-12(16)14(10)18-15(11,2)3/h4-6,9,11,13,16H,7-8H2,1-3H3/t9-,11?,13+/m1/s1. The van der Waals surface area contributed by atoms with Gasteiger partial charge in [0.25, 0.3) is 0 Å². The van der Waals surface area contributed by atoms with Gasteiger partial charge in [0, 0.05) is 11.5 Å². The van der Waals surface area contributed by atoms with Crippen molar-refractivity contribution in [1.29, 1.82) is 0 Å². The average Bonchev–Trinajstić information content (AvgIpc) is 2.30. The summed E-state index contributed by atoms with van der Waals surface area (Å²) >= 11 is 0. The van der Waals surface area contributed by atoms with E-state index in [4.69, 9.17) is 9.47 Å². The zero-order valence-corrected chi connectivity index (χ0v) is 11.1. The molecule has 1 N–H and O–H groups in total. The second kappa shape index (κ2) is 3.89. The fourth-order valence-corrected chi connectivity index (χ4v) is 3.20. The van der Waals surface area contributed by atoms with Gasteiger partial charge in [-0.05, 0) is 39.7 Å². The molecule has 3 nitrogen and oxygen atoms in total. The first-order valence-corrected chi connectivity index (χ1v) is 6.65. The first-order chi connectivity index (χ1) is 8.49. The largest absolute Gasteiger partial charge is 0.504 e. The van der Waals surface area contributed by atoms with Crippen LogP contribution in [0.5, 0.6) is 11.5 Å². The summed E-state index contributed by atoms with van der Waals surface area (Å²) in [5.74, 6) is 1.15. The third kappa shape index (κ3) is 1.69. The van der Waals surface area contributed by atoms with Gasteiger partial charge in [0.15, 0.2) is 11.5 Å². The highest BCUT2D eigenvalue weighted by molar-refractivity contribution is 5.49. The van der Waals surface area contributed by atoms with Crippen molar-refractivity contribution in [2.24, 2.45) is 5.92 Å². The van der Waals surface area contributed by atoms with Crippen molar-refractivity contribution in [1.82, 2.24) is 0 Å². The van der Waals surface area contributed by atoms with E-state index in [-0.39, 0.29) is 23.6 Å². The molecule has 0 saturated carbocycles. The third-order valence-electron chi connectivity index (χ3n) is 4.22. The molecule has 1 unspecified atom stereocenters. The summed E-state index contributed by atoms with van der Waals surface area (Å²) in [4.78, 5) is 0. The molecule has 0 bridgehead atoms. The van der Waals surface area contributed by atoms with Crippen LogP contribution >= 0.6 is 0 Å². The van der Waals surface area contributed by atoms with Crippen molar-refractivity contribution in [3.8, 4) is 11.5 Å². The van der Waals surface area contributed by atoms with Crippen LogP contribution in [0.25, 0.3) is 0 Å². The van der Waals surface area contributed by atoms with Gasteiger partial charge >= 0.3 is 0 Å². The van der Waals surface area contributed by atoms with Crippen LogP contribution in [0.3, 0.4) is 0 Å². The summed E-state index contributed by atoms with van der Waals surface area (Å²) in [6.07, 6.45) is 2.49. The second-order valence-corrected chi connectivity index (χ2v) is 5.95. The van der Waals surface area contributed by atoms with Crippen LogP contribution in [0.4, 0.5) is 0 Å². The lowest BCUT2D eigenvalue weighted by atomic mass is 9.75. The zero-order chi connectivity index (χ0) is 12.9. The van der Waals surface area contributed by atoms with Gasteiger partial charge in [0.05, 0.1) is 12.2 Å². The maximum atomic E-state index is 9.96. The van der Waals surface area contributed by atoms with Crippen LogP contribution in [-0.4, -0.2) is 16.8 Å². The summed E-state index contributed by atoms with van der Waals surface area (Å²) in [7, 11) is 0. The number of para-hydroxylation sites is 1. The molecule has 18 heavy (non-hydrogen) atoms. The zero-order valence-electron chi connectivity index (χ0n) is 11.1. The predicted octanol–water partition coefficient (Wildman–Crippen LogP) is 3.42. The smallest absolute Gasteiger partial charge is 0.167 e. The summed E-state index contributed by atoms with van der Waals surface area (Å²) in [6.45, 7) is 6.28. The summed E-state index contributed by atoms with van der Waals surface area (Å²) in [5.41, 5.74) is 0.697. The van der Waals surface area contributed by atoms with Crippen molar-refractivity contribution < 1.29 is 14.6 Å². The Balaban J connectivity index is 2.09. The molecule has 2 aliphatic rings. The van der Waals surface area contributed by atoms with Gasteiger partial charge in [-0.1, -0.05) is 12.1 Å². The molecule has 1 saturated heterocycles. The highest BCUT2D eigenvalue weighted by Gasteiger charge is 2.47. The molecule has 0 spiro atoms. The molecule has 0 amide bonds. The predicted molar refractivity (Wildman–Crippen MR) is 68.8 cm³/mol. The van der Waals surface area contributed by atoms with Crippen molar-refractivity contribution in [2.45, 2.75) is 51.4 Å².